The molecular weight excluding hydrogens is 1110 g/mol. The van der Waals surface area contributed by atoms with Crippen molar-refractivity contribution in [3.05, 3.63) is 71.4 Å². The molecule has 0 aliphatic carbocycles. The van der Waals surface area contributed by atoms with Crippen molar-refractivity contribution in [2.24, 2.45) is 11.7 Å². The molecule has 0 saturated carbocycles. The topological polar surface area (TPSA) is 349 Å². The summed E-state index contributed by atoms with van der Waals surface area (Å²) < 4.78 is 57.2. The average molecular weight is 1210 g/mol. The minimum absolute atomic E-state index is 0.0262. The van der Waals surface area contributed by atoms with Crippen molar-refractivity contribution in [3.8, 4) is 0 Å². The van der Waals surface area contributed by atoms with Gasteiger partial charge in [-0.2, -0.15) is 9.29 Å². The molecule has 10 N–H and O–H groups in total. The number of allylic oxidation sites excluding steroid dienone is 7. The molecule has 0 radical (unpaired) electrons. The zero-order valence-electron chi connectivity index (χ0n) is 47.9. The number of thioether (sulfide) groups is 1. The van der Waals surface area contributed by atoms with Crippen molar-refractivity contribution in [2.75, 3.05) is 31.3 Å². The molecular formula is C56H96N4O18P2S. The Morgan fingerprint density at radius 2 is 1.43 bits per heavy atom. The Balaban J connectivity index is 2.02. The molecule has 464 valence electrons. The third kappa shape index (κ3) is 34.7. The number of ether oxygens (including phenoxy) is 3. The summed E-state index contributed by atoms with van der Waals surface area (Å²) in [5, 5.41) is 40.6. The molecule has 0 spiro atoms. The second-order valence-corrected chi connectivity index (χ2v) is 24.9. The fourth-order valence-electron chi connectivity index (χ4n) is 8.42. The van der Waals surface area contributed by atoms with Crippen LogP contribution in [-0.4, -0.2) is 125 Å². The lowest BCUT2D eigenvalue weighted by Crippen LogP contribution is -2.40. The lowest BCUT2D eigenvalue weighted by molar-refractivity contribution is -0.161. The monoisotopic (exact) mass is 1210 g/mol. The number of carbonyl (C=O) groups is 3. The van der Waals surface area contributed by atoms with Crippen LogP contribution in [0.15, 0.2) is 65.7 Å². The Morgan fingerprint density at radius 1 is 0.802 bits per heavy atom. The van der Waals surface area contributed by atoms with E-state index in [-0.39, 0.29) is 37.3 Å². The van der Waals surface area contributed by atoms with Gasteiger partial charge in [-0.1, -0.05) is 179 Å². The van der Waals surface area contributed by atoms with Crippen molar-refractivity contribution in [3.63, 3.8) is 0 Å². The first-order valence-corrected chi connectivity index (χ1v) is 33.0. The number of phosphoric ester groups is 2. The molecule has 22 nitrogen and oxygen atoms in total. The van der Waals surface area contributed by atoms with Gasteiger partial charge in [0.2, 0.25) is 0 Å². The summed E-state index contributed by atoms with van der Waals surface area (Å²) in [6.07, 6.45) is 30.9. The van der Waals surface area contributed by atoms with Crippen molar-refractivity contribution in [1.82, 2.24) is 9.55 Å². The van der Waals surface area contributed by atoms with Gasteiger partial charge >= 0.3 is 39.2 Å². The number of carboxylic acids is 1. The maximum Gasteiger partial charge on any atom is 0.481 e. The lowest BCUT2D eigenvalue weighted by Gasteiger charge is -2.23. The van der Waals surface area contributed by atoms with Gasteiger partial charge in [0.25, 0.3) is 0 Å². The maximum absolute atomic E-state index is 13.4. The SMILES string of the molecule is CCCCC/C=C\C\C=C/C=C/C=C/[C@@H](SC[C@H](N)C(=O)O[C@H](COC(=O)CCCCCCCCCCCCCCCCC(C)CC)COP(=O)(O)OP(=O)(O)OC[C@H]1O[C@@H](n2ccc(N)nc2=O)[C@H](O)[C@@H]1O)[C@@H](O)CCCC(=O)O. The fourth-order valence-corrected chi connectivity index (χ4v) is 11.7. The summed E-state index contributed by atoms with van der Waals surface area (Å²) in [6, 6.07) is -0.159. The van der Waals surface area contributed by atoms with E-state index >= 15 is 0 Å². The number of aliphatic hydroxyl groups excluding tert-OH is 3. The van der Waals surface area contributed by atoms with Crippen molar-refractivity contribution in [2.45, 2.75) is 229 Å². The number of esters is 2. The molecule has 1 saturated heterocycles. The first kappa shape index (κ1) is 73.6. The van der Waals surface area contributed by atoms with Gasteiger partial charge in [0, 0.05) is 30.0 Å². The highest BCUT2D eigenvalue weighted by atomic mass is 32.2. The number of nitrogen functional groups attached to an aromatic ring is 1. The van der Waals surface area contributed by atoms with E-state index in [1.165, 1.54) is 76.7 Å². The van der Waals surface area contributed by atoms with E-state index in [1.54, 1.807) is 18.2 Å². The molecule has 1 aliphatic rings. The van der Waals surface area contributed by atoms with E-state index in [4.69, 9.17) is 39.8 Å². The summed E-state index contributed by atoms with van der Waals surface area (Å²) >= 11 is 1.09. The van der Waals surface area contributed by atoms with Crippen LogP contribution in [0.1, 0.15) is 188 Å². The quantitative estimate of drug-likeness (QED) is 0.00989. The third-order valence-electron chi connectivity index (χ3n) is 13.5. The van der Waals surface area contributed by atoms with Gasteiger partial charge in [0.15, 0.2) is 12.3 Å². The van der Waals surface area contributed by atoms with Crippen LogP contribution in [0.5, 0.6) is 0 Å². The lowest BCUT2D eigenvalue weighted by atomic mass is 9.99. The third-order valence-corrected chi connectivity index (χ3v) is 17.5. The van der Waals surface area contributed by atoms with Gasteiger partial charge in [-0.25, -0.2) is 13.9 Å². The molecule has 1 fully saturated rings. The van der Waals surface area contributed by atoms with Crippen LogP contribution < -0.4 is 17.2 Å². The largest absolute Gasteiger partial charge is 0.481 e. The summed E-state index contributed by atoms with van der Waals surface area (Å²) in [7, 11) is -11.1. The van der Waals surface area contributed by atoms with E-state index in [1.807, 2.05) is 18.2 Å². The van der Waals surface area contributed by atoms with E-state index < -0.39 is 107 Å². The van der Waals surface area contributed by atoms with Crippen LogP contribution in [0.3, 0.4) is 0 Å². The number of rotatable bonds is 48. The van der Waals surface area contributed by atoms with Gasteiger partial charge in [0.1, 0.15) is 36.8 Å². The minimum atomic E-state index is -5.58. The predicted molar refractivity (Wildman–Crippen MR) is 313 cm³/mol. The number of aromatic nitrogens is 2. The molecule has 81 heavy (non-hydrogen) atoms. The Kier molecular flexibility index (Phi) is 39.2. The van der Waals surface area contributed by atoms with Crippen LogP contribution in [0, 0.1) is 5.92 Å². The number of nitrogens with two attached hydrogens (primary N) is 2. The number of hydrogen-bond acceptors (Lipinski definition) is 19. The molecule has 3 unspecified atom stereocenters. The van der Waals surface area contributed by atoms with E-state index in [0.29, 0.717) is 6.42 Å². The predicted octanol–water partition coefficient (Wildman–Crippen LogP) is 9.68. The average Bonchev–Trinajstić information content (AvgIpc) is 3.87. The first-order chi connectivity index (χ1) is 38.7. The summed E-state index contributed by atoms with van der Waals surface area (Å²) in [4.78, 5) is 74.2. The normalized spacial score (nSPS) is 20.2. The van der Waals surface area contributed by atoms with Crippen molar-refractivity contribution in [1.29, 1.82) is 0 Å². The molecule has 1 aromatic rings. The number of aliphatic carboxylic acids is 1. The smallest absolute Gasteiger partial charge is 0.481 e. The molecule has 0 amide bonds. The highest BCUT2D eigenvalue weighted by Crippen LogP contribution is 2.60. The summed E-state index contributed by atoms with van der Waals surface area (Å²) in [5.74, 6) is -2.19. The number of anilines is 1. The zero-order valence-corrected chi connectivity index (χ0v) is 50.5. The van der Waals surface area contributed by atoms with Crippen molar-refractivity contribution >= 4 is 51.1 Å². The molecule has 2 heterocycles. The molecule has 25 heteroatoms. The first-order valence-electron chi connectivity index (χ1n) is 29.0. The minimum Gasteiger partial charge on any atom is -0.481 e. The Morgan fingerprint density at radius 3 is 2.06 bits per heavy atom. The van der Waals surface area contributed by atoms with Gasteiger partial charge in [-0.15, -0.1) is 11.8 Å². The zero-order chi connectivity index (χ0) is 59.9. The highest BCUT2D eigenvalue weighted by molar-refractivity contribution is 8.00. The number of carbonyl (C=O) groups excluding carboxylic acids is 2. The molecule has 2 rings (SSSR count). The number of carboxylic acid groups (broad SMARTS) is 1. The molecule has 1 aliphatic heterocycles. The summed E-state index contributed by atoms with van der Waals surface area (Å²) in [6.45, 7) is 4.01. The summed E-state index contributed by atoms with van der Waals surface area (Å²) in [5.41, 5.74) is 10.8. The molecule has 11 atom stereocenters. The van der Waals surface area contributed by atoms with Gasteiger partial charge in [-0.05, 0) is 50.5 Å². The number of phosphoric acid groups is 2. The second kappa shape index (κ2) is 43.1. The highest BCUT2D eigenvalue weighted by Gasteiger charge is 2.46. The van der Waals surface area contributed by atoms with Crippen LogP contribution in [-0.2, 0) is 51.1 Å². The van der Waals surface area contributed by atoms with E-state index in [0.717, 1.165) is 86.2 Å². The maximum atomic E-state index is 13.4. The number of hydrogen-bond donors (Lipinski definition) is 8. The van der Waals surface area contributed by atoms with Crippen LogP contribution >= 0.6 is 27.4 Å². The van der Waals surface area contributed by atoms with Crippen LogP contribution in [0.25, 0.3) is 0 Å². The Hall–Kier alpha value is -3.54. The molecule has 0 aromatic carbocycles. The second-order valence-electron chi connectivity index (χ2n) is 20.6. The van der Waals surface area contributed by atoms with Gasteiger partial charge < -0.3 is 55.9 Å². The fraction of sp³-hybridized carbons (Fsp3) is 0.732. The van der Waals surface area contributed by atoms with Crippen molar-refractivity contribution < 1.29 is 81.3 Å². The number of nitrogens with zero attached hydrogens (tertiary/aromatic N) is 2. The molecule has 0 bridgehead atoms. The van der Waals surface area contributed by atoms with Gasteiger partial charge in [-0.3, -0.25) is 28.0 Å². The Labute approximate surface area is 483 Å². The molecule has 1 aromatic heterocycles. The van der Waals surface area contributed by atoms with Crippen LogP contribution in [0.4, 0.5) is 5.82 Å². The van der Waals surface area contributed by atoms with Gasteiger partial charge in [0.05, 0.1) is 19.3 Å². The number of unbranched alkanes of at least 4 members (excludes halogenated alkanes) is 16. The van der Waals surface area contributed by atoms with Crippen LogP contribution in [0.2, 0.25) is 0 Å². The standard InChI is InChI=1S/C56H96N4O18P2S/c1-4-6-7-8-9-10-11-17-20-23-26-29-34-48(46(61)33-31-35-50(62)63)81-42-45(57)55(67)76-44(39-73-51(64)36-30-27-24-21-18-15-13-12-14-16-19-22-25-28-32-43(3)5-2)40-74-79(69,70)78-80(71,72)75-41-47-52(65)53(66)54(77-47)60-38-37-49(58)59-56(60)68/h9-10,17,20,23,26,29,34,37-38,43-48,52-54,61,65-66H,4-8,11-16,18-19,21-22,24-25,27-28,30-33,35-36,39-42,57H2,1-3H3,(H,62,63)(H,69,70)(H,71,72)(H2,58,59,68)/b10-9-,20-17-,26-23+,34-29+/t43?,44-,45+,46+,47-,48-,52-,53-,54-/m1/s1. The Bertz CT molecular complexity index is 2200. The van der Waals surface area contributed by atoms with E-state index in [9.17, 15) is 53.4 Å². The number of aliphatic hydroxyl groups is 3. The van der Waals surface area contributed by atoms with E-state index in [2.05, 4.69) is 42.2 Å².